The van der Waals surface area contributed by atoms with Gasteiger partial charge in [-0.3, -0.25) is 10.1 Å². The maximum atomic E-state index is 11.2. The van der Waals surface area contributed by atoms with E-state index in [0.29, 0.717) is 5.56 Å². The normalized spacial score (nSPS) is 27.9. The number of benzene rings is 1. The van der Waals surface area contributed by atoms with Crippen molar-refractivity contribution in [2.45, 2.75) is 69.8 Å². The fourth-order valence-electron chi connectivity index (χ4n) is 2.85. The van der Waals surface area contributed by atoms with Crippen LogP contribution in [-0.2, 0) is 25.2 Å². The summed E-state index contributed by atoms with van der Waals surface area (Å²) in [6.45, 7) is 9.47. The molecule has 1 heterocycles. The van der Waals surface area contributed by atoms with Crippen molar-refractivity contribution in [1.82, 2.24) is 0 Å². The molecule has 1 aromatic rings. The van der Waals surface area contributed by atoms with Gasteiger partial charge < -0.3 is 28.8 Å². The predicted molar refractivity (Wildman–Crippen MR) is 108 cm³/mol. The van der Waals surface area contributed by atoms with Crippen LogP contribution in [0.2, 0.25) is 18.1 Å². The molecule has 10 heteroatoms. The first-order chi connectivity index (χ1) is 13.4. The lowest BCUT2D eigenvalue weighted by Gasteiger charge is -2.40. The number of methoxy groups -OCH3 is 1. The van der Waals surface area contributed by atoms with Crippen LogP contribution < -0.4 is 0 Å². The highest BCUT2D eigenvalue weighted by molar-refractivity contribution is 6.74. The first-order valence-corrected chi connectivity index (χ1v) is 12.3. The molecular weight excluding hydrogens is 398 g/mol. The van der Waals surface area contributed by atoms with Crippen molar-refractivity contribution >= 4 is 14.0 Å². The van der Waals surface area contributed by atoms with E-state index in [4.69, 9.17) is 18.6 Å². The fraction of sp³-hybridized carbons (Fsp3) is 0.684. The second-order valence-corrected chi connectivity index (χ2v) is 13.4. The van der Waals surface area contributed by atoms with E-state index in [1.54, 1.807) is 18.2 Å². The van der Waals surface area contributed by atoms with Crippen molar-refractivity contribution in [2.75, 3.05) is 13.7 Å². The SMILES string of the molecule is CO[C@]1(CO)O[C@@H](OCc2ccccc2[N+](=O)[O-])[C@H](O[Si](C)(C)C(C)(C)C)[C@@H]1O. The molecule has 0 unspecified atom stereocenters. The van der Waals surface area contributed by atoms with Gasteiger partial charge in [0.05, 0.1) is 17.1 Å². The number of rotatable bonds is 8. The van der Waals surface area contributed by atoms with Gasteiger partial charge in [-0.1, -0.05) is 32.9 Å². The zero-order chi connectivity index (χ0) is 22.0. The summed E-state index contributed by atoms with van der Waals surface area (Å²) in [5, 5.41) is 31.7. The second-order valence-electron chi connectivity index (χ2n) is 8.64. The summed E-state index contributed by atoms with van der Waals surface area (Å²) in [4.78, 5) is 10.7. The highest BCUT2D eigenvalue weighted by atomic mass is 28.4. The van der Waals surface area contributed by atoms with Crippen LogP contribution in [0.15, 0.2) is 24.3 Å². The molecule has 0 amide bonds. The van der Waals surface area contributed by atoms with E-state index in [1.165, 1.54) is 13.2 Å². The van der Waals surface area contributed by atoms with Crippen LogP contribution in [0.25, 0.3) is 0 Å². The maximum absolute atomic E-state index is 11.2. The first-order valence-electron chi connectivity index (χ1n) is 9.42. The van der Waals surface area contributed by atoms with Crippen LogP contribution in [-0.4, -0.2) is 61.5 Å². The average Bonchev–Trinajstić information content (AvgIpc) is 2.91. The summed E-state index contributed by atoms with van der Waals surface area (Å²) in [5.41, 5.74) is 0.286. The number of hydrogen-bond acceptors (Lipinski definition) is 8. The molecule has 29 heavy (non-hydrogen) atoms. The van der Waals surface area contributed by atoms with Crippen molar-refractivity contribution in [1.29, 1.82) is 0 Å². The minimum atomic E-state index is -2.34. The molecule has 1 fully saturated rings. The second kappa shape index (κ2) is 8.76. The van der Waals surface area contributed by atoms with E-state index in [2.05, 4.69) is 20.8 Å². The zero-order valence-electron chi connectivity index (χ0n) is 17.7. The molecule has 1 aliphatic rings. The third kappa shape index (κ3) is 4.85. The minimum Gasteiger partial charge on any atom is -0.406 e. The van der Waals surface area contributed by atoms with E-state index in [0.717, 1.165) is 0 Å². The van der Waals surface area contributed by atoms with Gasteiger partial charge in [-0.25, -0.2) is 0 Å². The molecule has 0 radical (unpaired) electrons. The molecule has 1 aromatic carbocycles. The Hall–Kier alpha value is -1.40. The number of ether oxygens (including phenoxy) is 3. The summed E-state index contributed by atoms with van der Waals surface area (Å²) >= 11 is 0. The minimum absolute atomic E-state index is 0.0759. The number of nitrogens with zero attached hydrogens (tertiary/aromatic N) is 1. The third-order valence-corrected chi connectivity index (χ3v) is 10.2. The maximum Gasteiger partial charge on any atom is 0.274 e. The predicted octanol–water partition coefficient (Wildman–Crippen LogP) is 2.55. The van der Waals surface area contributed by atoms with Crippen molar-refractivity contribution in [3.05, 3.63) is 39.9 Å². The molecule has 0 aliphatic carbocycles. The first kappa shape index (κ1) is 23.9. The number of aliphatic hydroxyl groups excluding tert-OH is 2. The van der Waals surface area contributed by atoms with E-state index < -0.39 is 44.1 Å². The van der Waals surface area contributed by atoms with Gasteiger partial charge in [0.15, 0.2) is 14.6 Å². The largest absolute Gasteiger partial charge is 0.406 e. The molecule has 4 atom stereocenters. The summed E-state index contributed by atoms with van der Waals surface area (Å²) < 4.78 is 23.1. The number of nitro groups is 1. The lowest BCUT2D eigenvalue weighted by molar-refractivity contribution is -0.386. The van der Waals surface area contributed by atoms with Gasteiger partial charge in [-0.05, 0) is 24.2 Å². The molecule has 0 bridgehead atoms. The van der Waals surface area contributed by atoms with Gasteiger partial charge in [0.1, 0.15) is 18.8 Å². The summed E-state index contributed by atoms with van der Waals surface area (Å²) in [6, 6.07) is 6.22. The van der Waals surface area contributed by atoms with Crippen molar-refractivity contribution in [3.8, 4) is 0 Å². The fourth-order valence-corrected chi connectivity index (χ4v) is 4.12. The smallest absolute Gasteiger partial charge is 0.274 e. The molecular formula is C19H31NO8Si. The Kier molecular flexibility index (Phi) is 7.21. The van der Waals surface area contributed by atoms with Crippen LogP contribution in [0.3, 0.4) is 0 Å². The number of para-hydroxylation sites is 1. The Morgan fingerprint density at radius 1 is 1.31 bits per heavy atom. The summed E-state index contributed by atoms with van der Waals surface area (Å²) in [7, 11) is -1.03. The third-order valence-electron chi connectivity index (χ3n) is 5.74. The Labute approximate surface area is 171 Å². The van der Waals surface area contributed by atoms with Crippen molar-refractivity contribution in [3.63, 3.8) is 0 Å². The van der Waals surface area contributed by atoms with Crippen LogP contribution in [0, 0.1) is 10.1 Å². The highest BCUT2D eigenvalue weighted by Gasteiger charge is 2.58. The quantitative estimate of drug-likeness (QED) is 0.367. The number of aliphatic hydroxyl groups is 2. The molecule has 2 rings (SSSR count). The monoisotopic (exact) mass is 429 g/mol. The zero-order valence-corrected chi connectivity index (χ0v) is 18.7. The lowest BCUT2D eigenvalue weighted by Crippen LogP contribution is -2.53. The number of hydrogen-bond donors (Lipinski definition) is 2. The van der Waals surface area contributed by atoms with Gasteiger partial charge in [0.25, 0.3) is 5.69 Å². The number of nitro benzene ring substituents is 1. The van der Waals surface area contributed by atoms with Crippen molar-refractivity contribution in [2.24, 2.45) is 0 Å². The van der Waals surface area contributed by atoms with Gasteiger partial charge in [0.2, 0.25) is 5.79 Å². The van der Waals surface area contributed by atoms with E-state index >= 15 is 0 Å². The Morgan fingerprint density at radius 3 is 2.45 bits per heavy atom. The molecule has 164 valence electrons. The molecule has 0 spiro atoms. The molecule has 0 saturated carbocycles. The topological polar surface area (TPSA) is 121 Å². The van der Waals surface area contributed by atoms with Gasteiger partial charge in [-0.15, -0.1) is 0 Å². The van der Waals surface area contributed by atoms with E-state index in [1.807, 2.05) is 13.1 Å². The average molecular weight is 430 g/mol. The van der Waals surface area contributed by atoms with Crippen LogP contribution in [0.4, 0.5) is 5.69 Å². The Bertz CT molecular complexity index is 716. The molecule has 9 nitrogen and oxygen atoms in total. The van der Waals surface area contributed by atoms with Gasteiger partial charge in [-0.2, -0.15) is 0 Å². The van der Waals surface area contributed by atoms with Crippen LogP contribution >= 0.6 is 0 Å². The molecule has 1 saturated heterocycles. The summed E-state index contributed by atoms with van der Waals surface area (Å²) in [5.74, 6) is -1.69. The van der Waals surface area contributed by atoms with Crippen LogP contribution in [0.1, 0.15) is 26.3 Å². The Morgan fingerprint density at radius 2 is 1.93 bits per heavy atom. The standard InChI is InChI=1S/C19H31NO8Si/c1-18(2,3)29(5,6)28-15-16(22)19(12-21,25-4)27-17(15)26-11-13-9-7-8-10-14(13)20(23)24/h7-10,15-17,21-22H,11-12H2,1-6H3/t15-,16+,17-,19-/m1/s1. The van der Waals surface area contributed by atoms with Crippen molar-refractivity contribution < 1.29 is 33.8 Å². The van der Waals surface area contributed by atoms with Gasteiger partial charge >= 0.3 is 0 Å². The Balaban J connectivity index is 2.28. The molecule has 1 aliphatic heterocycles. The molecule has 0 aromatic heterocycles. The highest BCUT2D eigenvalue weighted by Crippen LogP contribution is 2.42. The van der Waals surface area contributed by atoms with E-state index in [-0.39, 0.29) is 17.3 Å². The van der Waals surface area contributed by atoms with E-state index in [9.17, 15) is 20.3 Å². The van der Waals surface area contributed by atoms with Crippen LogP contribution in [0.5, 0.6) is 0 Å². The van der Waals surface area contributed by atoms with Gasteiger partial charge in [0, 0.05) is 13.2 Å². The lowest BCUT2D eigenvalue weighted by atomic mass is 10.1. The summed E-state index contributed by atoms with van der Waals surface area (Å²) in [6.07, 6.45) is -3.31. The molecule has 2 N–H and O–H groups in total.